The second kappa shape index (κ2) is 27.9. The summed E-state index contributed by atoms with van der Waals surface area (Å²) in [4.78, 5) is 0. The van der Waals surface area contributed by atoms with Crippen LogP contribution in [-0.4, -0.2) is 21.5 Å². The zero-order chi connectivity index (χ0) is 37.8. The Kier molecular flexibility index (Phi) is 28.7. The lowest BCUT2D eigenvalue weighted by Crippen LogP contribution is -2.36. The van der Waals surface area contributed by atoms with Crippen LogP contribution in [0.4, 0.5) is 0 Å². The van der Waals surface area contributed by atoms with Crippen molar-refractivity contribution in [3.05, 3.63) is 0 Å². The molecule has 4 heteroatoms. The van der Waals surface area contributed by atoms with Crippen molar-refractivity contribution in [3.63, 3.8) is 0 Å². The highest BCUT2D eigenvalue weighted by molar-refractivity contribution is 7.81. The van der Waals surface area contributed by atoms with E-state index in [-0.39, 0.29) is 0 Å². The van der Waals surface area contributed by atoms with Crippen molar-refractivity contribution in [1.82, 2.24) is 0 Å². The number of hydrogen-bond donors (Lipinski definition) is 4. The normalized spacial score (nSPS) is 22.4. The summed E-state index contributed by atoms with van der Waals surface area (Å²) in [5, 5.41) is 1.62. The fourth-order valence-corrected chi connectivity index (χ4v) is 10.5. The van der Waals surface area contributed by atoms with Crippen molar-refractivity contribution >= 4 is 50.5 Å². The van der Waals surface area contributed by atoms with Crippen LogP contribution in [0.3, 0.4) is 0 Å². The molecule has 296 valence electrons. The van der Waals surface area contributed by atoms with Crippen LogP contribution in [-0.2, 0) is 0 Å². The molecule has 0 rings (SSSR count). The van der Waals surface area contributed by atoms with Gasteiger partial charge in [-0.1, -0.05) is 148 Å². The Morgan fingerprint density at radius 2 is 0.714 bits per heavy atom. The third-order valence-corrected chi connectivity index (χ3v) is 17.1. The molecule has 0 radical (unpaired) electrons. The SMILES string of the molecule is CCCCCC(S)CCCCC(S)CCCCC(C)C(C)C(C)C(C)C(C)C(C)C(S)C(C)C(C)C(C)CC(C)CC(C)C(C)C(C)CS. The molecule has 16 atom stereocenters. The van der Waals surface area contributed by atoms with Crippen molar-refractivity contribution in [2.75, 3.05) is 5.75 Å². The maximum atomic E-state index is 5.36. The maximum Gasteiger partial charge on any atom is 0.00733 e. The Bertz CT molecular complexity index is 773. The van der Waals surface area contributed by atoms with Crippen molar-refractivity contribution in [1.29, 1.82) is 0 Å². The van der Waals surface area contributed by atoms with E-state index in [1.165, 1.54) is 89.9 Å². The quantitative estimate of drug-likeness (QED) is 0.0407. The monoisotopic (exact) mass is 761 g/mol. The summed E-state index contributed by atoms with van der Waals surface area (Å²) in [6.45, 7) is 34.7. The molecule has 0 aromatic carbocycles. The number of rotatable bonds is 30. The molecule has 0 spiro atoms. The molecule has 0 aliphatic carbocycles. The van der Waals surface area contributed by atoms with Gasteiger partial charge in [0.1, 0.15) is 0 Å². The number of hydrogen-bond acceptors (Lipinski definition) is 4. The first-order valence-electron chi connectivity index (χ1n) is 21.6. The summed E-state index contributed by atoms with van der Waals surface area (Å²) in [6.07, 6.45) is 18.5. The van der Waals surface area contributed by atoms with E-state index in [9.17, 15) is 0 Å². The lowest BCUT2D eigenvalue weighted by Gasteiger charge is -2.41. The first-order chi connectivity index (χ1) is 22.9. The molecular weight excluding hydrogens is 669 g/mol. The van der Waals surface area contributed by atoms with Gasteiger partial charge in [-0.2, -0.15) is 50.5 Å². The topological polar surface area (TPSA) is 0 Å². The third-order valence-electron chi connectivity index (χ3n) is 14.6. The average molecular weight is 761 g/mol. The van der Waals surface area contributed by atoms with E-state index in [1.807, 2.05) is 0 Å². The van der Waals surface area contributed by atoms with Gasteiger partial charge in [-0.15, -0.1) is 0 Å². The molecule has 0 fully saturated rings. The summed E-state index contributed by atoms with van der Waals surface area (Å²) >= 11 is 19.7. The Morgan fingerprint density at radius 1 is 0.367 bits per heavy atom. The largest absolute Gasteiger partial charge is 0.179 e. The molecule has 0 bridgehead atoms. The van der Waals surface area contributed by atoms with Crippen LogP contribution in [0.1, 0.15) is 187 Å². The van der Waals surface area contributed by atoms with E-state index in [0.717, 1.165) is 47.2 Å². The van der Waals surface area contributed by atoms with Gasteiger partial charge in [0.15, 0.2) is 0 Å². The predicted molar refractivity (Wildman–Crippen MR) is 242 cm³/mol. The molecule has 0 aliphatic heterocycles. The van der Waals surface area contributed by atoms with Gasteiger partial charge in [0.05, 0.1) is 0 Å². The molecule has 0 aromatic rings. The van der Waals surface area contributed by atoms with E-state index in [1.54, 1.807) is 0 Å². The van der Waals surface area contributed by atoms with Crippen molar-refractivity contribution in [2.45, 2.75) is 203 Å². The molecule has 0 heterocycles. The minimum atomic E-state index is 0.444. The zero-order valence-electron chi connectivity index (χ0n) is 35.6. The van der Waals surface area contributed by atoms with Gasteiger partial charge in [0.2, 0.25) is 0 Å². The Morgan fingerprint density at radius 3 is 1.16 bits per heavy atom. The number of thiol groups is 4. The van der Waals surface area contributed by atoms with E-state index in [2.05, 4.69) is 110 Å². The molecule has 0 amide bonds. The van der Waals surface area contributed by atoms with E-state index in [4.69, 9.17) is 37.9 Å². The highest BCUT2D eigenvalue weighted by atomic mass is 32.1. The first-order valence-corrected chi connectivity index (χ1v) is 23.7. The molecule has 0 aromatic heterocycles. The highest BCUT2D eigenvalue weighted by Crippen LogP contribution is 2.41. The van der Waals surface area contributed by atoms with Gasteiger partial charge in [-0.05, 0) is 121 Å². The van der Waals surface area contributed by atoms with Crippen LogP contribution in [0.5, 0.6) is 0 Å². The molecule has 0 saturated carbocycles. The summed E-state index contributed by atoms with van der Waals surface area (Å²) in [7, 11) is 0. The maximum absolute atomic E-state index is 5.36. The van der Waals surface area contributed by atoms with Crippen LogP contribution in [0, 0.1) is 76.9 Å². The number of unbranched alkanes of at least 4 members (excludes halogenated alkanes) is 4. The van der Waals surface area contributed by atoms with Crippen LogP contribution in [0.2, 0.25) is 0 Å². The molecule has 0 nitrogen and oxygen atoms in total. The predicted octanol–water partition coefficient (Wildman–Crippen LogP) is 15.6. The average Bonchev–Trinajstić information content (AvgIpc) is 3.08. The van der Waals surface area contributed by atoms with Crippen molar-refractivity contribution < 1.29 is 0 Å². The molecule has 0 aliphatic rings. The lowest BCUT2D eigenvalue weighted by atomic mass is 9.67. The summed E-state index contributed by atoms with van der Waals surface area (Å²) in [6, 6.07) is 0. The Hall–Kier alpha value is 1.40. The molecule has 0 N–H and O–H groups in total. The minimum absolute atomic E-state index is 0.444. The van der Waals surface area contributed by atoms with Crippen LogP contribution < -0.4 is 0 Å². The molecular formula is C45H92S4. The van der Waals surface area contributed by atoms with E-state index >= 15 is 0 Å². The lowest BCUT2D eigenvalue weighted by molar-refractivity contribution is 0.118. The van der Waals surface area contributed by atoms with Gasteiger partial charge in [-0.3, -0.25) is 0 Å². The summed E-state index contributed by atoms with van der Waals surface area (Å²) in [5.41, 5.74) is 0. The third kappa shape index (κ3) is 20.1. The summed E-state index contributed by atoms with van der Waals surface area (Å²) in [5.74, 6) is 10.2. The Balaban J connectivity index is 4.68. The standard InChI is InChI=1S/C45H92S4/c1-15-16-17-23-43(47)25-20-21-26-44(48)24-19-18-22-31(3)36(8)38(10)39(11)40(12)42(14)45(49)41(13)37(9)33(5)28-30(2)27-32(4)35(7)34(6)29-46/h30-49H,15-29H2,1-14H3. The summed E-state index contributed by atoms with van der Waals surface area (Å²) < 4.78 is 0. The van der Waals surface area contributed by atoms with Gasteiger partial charge >= 0.3 is 0 Å². The highest BCUT2D eigenvalue weighted by Gasteiger charge is 2.35. The van der Waals surface area contributed by atoms with E-state index in [0.29, 0.717) is 51.3 Å². The second-order valence-electron chi connectivity index (χ2n) is 18.4. The molecule has 0 saturated heterocycles. The fourth-order valence-electron chi connectivity index (χ4n) is 8.88. The second-order valence-corrected chi connectivity index (χ2v) is 20.8. The van der Waals surface area contributed by atoms with E-state index < -0.39 is 0 Å². The van der Waals surface area contributed by atoms with Gasteiger partial charge < -0.3 is 0 Å². The minimum Gasteiger partial charge on any atom is -0.179 e. The fraction of sp³-hybridized carbons (Fsp3) is 1.00. The van der Waals surface area contributed by atoms with Crippen LogP contribution in [0.15, 0.2) is 0 Å². The van der Waals surface area contributed by atoms with Crippen molar-refractivity contribution in [3.8, 4) is 0 Å². The van der Waals surface area contributed by atoms with Crippen molar-refractivity contribution in [2.24, 2.45) is 76.9 Å². The van der Waals surface area contributed by atoms with Crippen LogP contribution in [0.25, 0.3) is 0 Å². The first kappa shape index (κ1) is 50.4. The molecule has 16 unspecified atom stereocenters. The van der Waals surface area contributed by atoms with Crippen LogP contribution >= 0.6 is 50.5 Å². The van der Waals surface area contributed by atoms with Gasteiger partial charge in [0, 0.05) is 15.7 Å². The molecule has 49 heavy (non-hydrogen) atoms. The smallest absolute Gasteiger partial charge is 0.00733 e. The zero-order valence-corrected chi connectivity index (χ0v) is 39.2. The Labute approximate surface area is 333 Å². The van der Waals surface area contributed by atoms with Gasteiger partial charge in [-0.25, -0.2) is 0 Å². The van der Waals surface area contributed by atoms with Gasteiger partial charge in [0.25, 0.3) is 0 Å².